The minimum absolute atomic E-state index is 0.255. The molecule has 1 N–H and O–H groups in total. The Morgan fingerprint density at radius 3 is 2.90 bits per heavy atom. The van der Waals surface area contributed by atoms with Gasteiger partial charge in [0.2, 0.25) is 0 Å². The van der Waals surface area contributed by atoms with Gasteiger partial charge in [0.15, 0.2) is 0 Å². The number of ether oxygens (including phenoxy) is 1. The van der Waals surface area contributed by atoms with Gasteiger partial charge in [-0.2, -0.15) is 0 Å². The maximum Gasteiger partial charge on any atom is 0.328 e. The van der Waals surface area contributed by atoms with Crippen molar-refractivity contribution in [1.29, 1.82) is 0 Å². The van der Waals surface area contributed by atoms with Gasteiger partial charge in [-0.1, -0.05) is 0 Å². The van der Waals surface area contributed by atoms with Crippen LogP contribution in [0.2, 0.25) is 0 Å². The van der Waals surface area contributed by atoms with Crippen LogP contribution in [0.25, 0.3) is 6.08 Å². The third kappa shape index (κ3) is 3.93. The molecule has 5 heteroatoms. The highest BCUT2D eigenvalue weighted by molar-refractivity contribution is 7.12. The lowest BCUT2D eigenvalue weighted by molar-refractivity contribution is -0.131. The van der Waals surface area contributed by atoms with Crippen molar-refractivity contribution in [2.45, 2.75) is 13.5 Å². The van der Waals surface area contributed by atoms with Gasteiger partial charge in [-0.3, -0.25) is 0 Å². The summed E-state index contributed by atoms with van der Waals surface area (Å²) >= 11 is 1.45. The van der Waals surface area contributed by atoms with Gasteiger partial charge >= 0.3 is 5.97 Å². The number of hydrogen-bond acceptors (Lipinski definition) is 3. The molecule has 0 aliphatic carbocycles. The summed E-state index contributed by atoms with van der Waals surface area (Å²) < 4.78 is 18.7. The van der Waals surface area contributed by atoms with E-state index in [0.717, 1.165) is 15.8 Å². The molecular formula is C15H13FO3S. The summed E-state index contributed by atoms with van der Waals surface area (Å²) in [5, 5.41) is 8.54. The molecule has 20 heavy (non-hydrogen) atoms. The van der Waals surface area contributed by atoms with Gasteiger partial charge < -0.3 is 9.84 Å². The fraction of sp³-hybridized carbons (Fsp3) is 0.133. The van der Waals surface area contributed by atoms with Crippen molar-refractivity contribution in [2.24, 2.45) is 0 Å². The number of thiophene rings is 1. The van der Waals surface area contributed by atoms with E-state index in [-0.39, 0.29) is 5.82 Å². The van der Waals surface area contributed by atoms with Crippen molar-refractivity contribution in [3.05, 3.63) is 57.5 Å². The summed E-state index contributed by atoms with van der Waals surface area (Å²) in [6.07, 6.45) is 2.64. The van der Waals surface area contributed by atoms with Gasteiger partial charge in [0.05, 0.1) is 0 Å². The van der Waals surface area contributed by atoms with Crippen molar-refractivity contribution >= 4 is 23.4 Å². The molecule has 0 aliphatic rings. The van der Waals surface area contributed by atoms with E-state index in [2.05, 4.69) is 0 Å². The molecule has 3 nitrogen and oxygen atoms in total. The van der Waals surface area contributed by atoms with Crippen LogP contribution in [0, 0.1) is 12.7 Å². The zero-order chi connectivity index (χ0) is 14.5. The van der Waals surface area contributed by atoms with Gasteiger partial charge in [-0.25, -0.2) is 9.18 Å². The molecule has 0 atom stereocenters. The number of carboxylic acids is 1. The van der Waals surface area contributed by atoms with Crippen molar-refractivity contribution in [2.75, 3.05) is 0 Å². The van der Waals surface area contributed by atoms with Crippen LogP contribution in [-0.2, 0) is 11.4 Å². The van der Waals surface area contributed by atoms with Crippen LogP contribution >= 0.6 is 11.3 Å². The highest BCUT2D eigenvalue weighted by Crippen LogP contribution is 2.21. The molecule has 0 amide bonds. The fourth-order valence-corrected chi connectivity index (χ4v) is 2.41. The number of carbonyl (C=O) groups is 1. The van der Waals surface area contributed by atoms with Gasteiger partial charge in [-0.05, 0) is 48.9 Å². The number of halogens is 1. The third-order valence-electron chi connectivity index (χ3n) is 2.58. The summed E-state index contributed by atoms with van der Waals surface area (Å²) in [5.41, 5.74) is 0.541. The van der Waals surface area contributed by atoms with Crippen LogP contribution in [0.4, 0.5) is 4.39 Å². The minimum atomic E-state index is -0.974. The van der Waals surface area contributed by atoms with E-state index < -0.39 is 5.97 Å². The van der Waals surface area contributed by atoms with Crippen LogP contribution < -0.4 is 4.74 Å². The van der Waals surface area contributed by atoms with E-state index in [9.17, 15) is 9.18 Å². The van der Waals surface area contributed by atoms with Crippen LogP contribution in [0.3, 0.4) is 0 Å². The second-order valence-corrected chi connectivity index (χ2v) is 5.38. The Labute approximate surface area is 119 Å². The first-order valence-electron chi connectivity index (χ1n) is 5.93. The minimum Gasteiger partial charge on any atom is -0.488 e. The monoisotopic (exact) mass is 292 g/mol. The van der Waals surface area contributed by atoms with E-state index >= 15 is 0 Å². The molecule has 104 valence electrons. The Kier molecular flexibility index (Phi) is 4.53. The number of rotatable bonds is 5. The molecule has 0 saturated heterocycles. The average Bonchev–Trinajstić information content (AvgIpc) is 2.86. The number of aliphatic carboxylic acids is 1. The summed E-state index contributed by atoms with van der Waals surface area (Å²) in [6, 6.07) is 8.32. The van der Waals surface area contributed by atoms with Crippen LogP contribution in [0.1, 0.15) is 15.3 Å². The predicted molar refractivity (Wildman–Crippen MR) is 76.5 cm³/mol. The highest BCUT2D eigenvalue weighted by Gasteiger charge is 2.02. The molecule has 0 saturated carbocycles. The first-order chi connectivity index (χ1) is 9.54. The molecule has 1 aromatic carbocycles. The highest BCUT2D eigenvalue weighted by atomic mass is 32.1. The smallest absolute Gasteiger partial charge is 0.328 e. The van der Waals surface area contributed by atoms with Crippen molar-refractivity contribution in [3.63, 3.8) is 0 Å². The van der Waals surface area contributed by atoms with Crippen molar-refractivity contribution in [3.8, 4) is 5.75 Å². The molecule has 1 aromatic heterocycles. The SMILES string of the molecule is Cc1cc(OCc2ccc(/C=C/C(=O)O)s2)ccc1F. The van der Waals surface area contributed by atoms with E-state index in [1.165, 1.54) is 17.4 Å². The number of hydrogen-bond donors (Lipinski definition) is 1. The number of aryl methyl sites for hydroxylation is 1. The van der Waals surface area contributed by atoms with E-state index in [4.69, 9.17) is 9.84 Å². The first kappa shape index (κ1) is 14.3. The first-order valence-corrected chi connectivity index (χ1v) is 6.75. The Morgan fingerprint density at radius 2 is 2.20 bits per heavy atom. The molecule has 1 heterocycles. The van der Waals surface area contributed by atoms with Crippen molar-refractivity contribution in [1.82, 2.24) is 0 Å². The lowest BCUT2D eigenvalue weighted by atomic mass is 10.2. The van der Waals surface area contributed by atoms with Gasteiger partial charge in [0.25, 0.3) is 0 Å². The van der Waals surface area contributed by atoms with Crippen molar-refractivity contribution < 1.29 is 19.0 Å². The average molecular weight is 292 g/mol. The molecular weight excluding hydrogens is 279 g/mol. The Hall–Kier alpha value is -2.14. The van der Waals surface area contributed by atoms with E-state index in [0.29, 0.717) is 17.9 Å². The zero-order valence-electron chi connectivity index (χ0n) is 10.8. The zero-order valence-corrected chi connectivity index (χ0v) is 11.6. The molecule has 0 bridgehead atoms. The van der Waals surface area contributed by atoms with Crippen LogP contribution in [-0.4, -0.2) is 11.1 Å². The molecule has 0 aliphatic heterocycles. The summed E-state index contributed by atoms with van der Waals surface area (Å²) in [7, 11) is 0. The largest absolute Gasteiger partial charge is 0.488 e. The number of benzene rings is 1. The maximum atomic E-state index is 13.1. The third-order valence-corrected chi connectivity index (χ3v) is 3.61. The molecule has 0 radical (unpaired) electrons. The Bertz CT molecular complexity index is 646. The summed E-state index contributed by atoms with van der Waals surface area (Å²) in [4.78, 5) is 12.2. The molecule has 0 fully saturated rings. The predicted octanol–water partition coefficient (Wildman–Crippen LogP) is 3.87. The molecule has 0 unspecified atom stereocenters. The summed E-state index contributed by atoms with van der Waals surface area (Å²) in [5.74, 6) is -0.618. The molecule has 2 aromatic rings. The maximum absolute atomic E-state index is 13.1. The topological polar surface area (TPSA) is 46.5 Å². The lowest BCUT2D eigenvalue weighted by Crippen LogP contribution is -1.93. The normalized spacial score (nSPS) is 10.9. The molecule has 0 spiro atoms. The second kappa shape index (κ2) is 6.34. The number of carboxylic acid groups (broad SMARTS) is 1. The van der Waals surface area contributed by atoms with Crippen LogP contribution in [0.15, 0.2) is 36.4 Å². The second-order valence-electron chi connectivity index (χ2n) is 4.18. The summed E-state index contributed by atoms with van der Waals surface area (Å²) in [6.45, 7) is 2.05. The van der Waals surface area contributed by atoms with Gasteiger partial charge in [0, 0.05) is 15.8 Å². The van der Waals surface area contributed by atoms with Crippen LogP contribution in [0.5, 0.6) is 5.75 Å². The standard InChI is InChI=1S/C15H13FO3S/c1-10-8-11(2-6-14(10)16)19-9-13-4-3-12(20-13)5-7-15(17)18/h2-8H,9H2,1H3,(H,17,18)/b7-5+. The van der Waals surface area contributed by atoms with E-state index in [1.807, 2.05) is 12.1 Å². The fourth-order valence-electron chi connectivity index (χ4n) is 1.58. The quantitative estimate of drug-likeness (QED) is 0.851. The van der Waals surface area contributed by atoms with E-state index in [1.54, 1.807) is 25.1 Å². The Morgan fingerprint density at radius 1 is 1.40 bits per heavy atom. The van der Waals surface area contributed by atoms with Gasteiger partial charge in [-0.15, -0.1) is 11.3 Å². The molecule has 2 rings (SSSR count). The lowest BCUT2D eigenvalue weighted by Gasteiger charge is -2.05. The van der Waals surface area contributed by atoms with Gasteiger partial charge in [0.1, 0.15) is 18.2 Å². The Balaban J connectivity index is 1.97.